The molecule has 5 heteroatoms. The van der Waals surface area contributed by atoms with Crippen LogP contribution in [0.1, 0.15) is 20.3 Å². The summed E-state index contributed by atoms with van der Waals surface area (Å²) < 4.78 is 0. The molecule has 0 radical (unpaired) electrons. The van der Waals surface area contributed by atoms with Gasteiger partial charge in [-0.2, -0.15) is 0 Å². The van der Waals surface area contributed by atoms with Crippen LogP contribution in [0, 0.1) is 0 Å². The Kier molecular flexibility index (Phi) is 6.05. The van der Waals surface area contributed by atoms with Gasteiger partial charge in [0, 0.05) is 11.6 Å². The molecule has 0 aromatic carbocycles. The third-order valence-corrected chi connectivity index (χ3v) is 1.45. The normalized spacial score (nSPS) is 12.9. The number of aliphatic hydroxyl groups excluding tert-OH is 1. The van der Waals surface area contributed by atoms with Crippen LogP contribution < -0.4 is 0 Å². The van der Waals surface area contributed by atoms with Crippen LogP contribution in [-0.2, 0) is 19.4 Å². The summed E-state index contributed by atoms with van der Waals surface area (Å²) in [6, 6.07) is 0. The standard InChI is InChI=1S/C10H14O5/c1-4-9(12)14-15-10(13)7(2)5-6-8(3)11/h4-5,8,11H,1,6H2,2-3H3. The lowest BCUT2D eigenvalue weighted by Gasteiger charge is -2.02. The minimum atomic E-state index is -0.841. The number of carbonyl (C=O) groups excluding carboxylic acids is 2. The van der Waals surface area contributed by atoms with Crippen LogP contribution >= 0.6 is 0 Å². The van der Waals surface area contributed by atoms with Crippen molar-refractivity contribution in [3.8, 4) is 0 Å². The topological polar surface area (TPSA) is 72.8 Å². The fraction of sp³-hybridized carbons (Fsp3) is 0.400. The van der Waals surface area contributed by atoms with Crippen molar-refractivity contribution in [2.75, 3.05) is 0 Å². The summed E-state index contributed by atoms with van der Waals surface area (Å²) in [5.74, 6) is -1.61. The van der Waals surface area contributed by atoms with E-state index in [0.717, 1.165) is 6.08 Å². The van der Waals surface area contributed by atoms with E-state index in [4.69, 9.17) is 5.11 Å². The molecule has 1 unspecified atom stereocenters. The van der Waals surface area contributed by atoms with E-state index in [0.29, 0.717) is 6.42 Å². The van der Waals surface area contributed by atoms with Crippen LogP contribution in [0.15, 0.2) is 24.3 Å². The number of rotatable bonds is 4. The molecule has 0 aromatic heterocycles. The van der Waals surface area contributed by atoms with Crippen molar-refractivity contribution in [2.45, 2.75) is 26.4 Å². The SMILES string of the molecule is C=CC(=O)OOC(=O)C(C)=CCC(C)O. The van der Waals surface area contributed by atoms with Gasteiger partial charge in [0.15, 0.2) is 0 Å². The first kappa shape index (κ1) is 13.4. The first-order valence-electron chi connectivity index (χ1n) is 4.37. The summed E-state index contributed by atoms with van der Waals surface area (Å²) >= 11 is 0. The summed E-state index contributed by atoms with van der Waals surface area (Å²) in [7, 11) is 0. The second kappa shape index (κ2) is 6.78. The van der Waals surface area contributed by atoms with Crippen LogP contribution in [0.5, 0.6) is 0 Å². The number of hydrogen-bond donors (Lipinski definition) is 1. The molecule has 5 nitrogen and oxygen atoms in total. The molecule has 1 N–H and O–H groups in total. The zero-order chi connectivity index (χ0) is 11.8. The Bertz CT molecular complexity index is 278. The Labute approximate surface area is 87.9 Å². The van der Waals surface area contributed by atoms with E-state index < -0.39 is 18.0 Å². The lowest BCUT2D eigenvalue weighted by Crippen LogP contribution is -2.10. The van der Waals surface area contributed by atoms with Crippen molar-refractivity contribution < 1.29 is 24.5 Å². The maximum atomic E-state index is 11.1. The molecular weight excluding hydrogens is 200 g/mol. The number of hydrogen-bond acceptors (Lipinski definition) is 5. The molecule has 84 valence electrons. The molecule has 0 aliphatic carbocycles. The molecule has 0 aliphatic rings. The van der Waals surface area contributed by atoms with E-state index in [-0.39, 0.29) is 5.57 Å². The van der Waals surface area contributed by atoms with Gasteiger partial charge in [-0.1, -0.05) is 12.7 Å². The molecule has 0 rings (SSSR count). The van der Waals surface area contributed by atoms with Crippen LogP contribution in [0.3, 0.4) is 0 Å². The van der Waals surface area contributed by atoms with Gasteiger partial charge in [0.1, 0.15) is 0 Å². The maximum Gasteiger partial charge on any atom is 0.381 e. The molecule has 0 heterocycles. The second-order valence-electron chi connectivity index (χ2n) is 2.95. The summed E-state index contributed by atoms with van der Waals surface area (Å²) in [5.41, 5.74) is 0.257. The van der Waals surface area contributed by atoms with Gasteiger partial charge in [0.05, 0.1) is 6.10 Å². The average Bonchev–Trinajstić information content (AvgIpc) is 2.21. The maximum absolute atomic E-state index is 11.1. The Morgan fingerprint density at radius 3 is 2.53 bits per heavy atom. The Morgan fingerprint density at radius 1 is 1.47 bits per heavy atom. The van der Waals surface area contributed by atoms with Crippen LogP contribution in [0.4, 0.5) is 0 Å². The summed E-state index contributed by atoms with van der Waals surface area (Å²) in [6.45, 7) is 6.21. The lowest BCUT2D eigenvalue weighted by atomic mass is 10.2. The van der Waals surface area contributed by atoms with Gasteiger partial charge in [-0.05, 0) is 20.3 Å². The van der Waals surface area contributed by atoms with Crippen LogP contribution in [0.2, 0.25) is 0 Å². The summed E-state index contributed by atoms with van der Waals surface area (Å²) in [4.78, 5) is 29.9. The van der Waals surface area contributed by atoms with Gasteiger partial charge in [-0.3, -0.25) is 0 Å². The quantitative estimate of drug-likeness (QED) is 0.427. The van der Waals surface area contributed by atoms with Gasteiger partial charge < -0.3 is 5.11 Å². The van der Waals surface area contributed by atoms with Crippen molar-refractivity contribution in [1.29, 1.82) is 0 Å². The number of carbonyl (C=O) groups is 2. The fourth-order valence-electron chi connectivity index (χ4n) is 0.609. The minimum Gasteiger partial charge on any atom is -0.393 e. The van der Waals surface area contributed by atoms with E-state index in [9.17, 15) is 9.59 Å². The summed E-state index contributed by atoms with van der Waals surface area (Å²) in [5, 5.41) is 8.94. The number of aliphatic hydroxyl groups is 1. The van der Waals surface area contributed by atoms with E-state index in [1.54, 1.807) is 6.92 Å². The highest BCUT2D eigenvalue weighted by atomic mass is 17.2. The summed E-state index contributed by atoms with van der Waals surface area (Å²) in [6.07, 6.45) is 2.16. The van der Waals surface area contributed by atoms with Crippen molar-refractivity contribution >= 4 is 11.9 Å². The molecule has 0 saturated carbocycles. The molecule has 0 amide bonds. The van der Waals surface area contributed by atoms with Gasteiger partial charge in [-0.25, -0.2) is 19.4 Å². The van der Waals surface area contributed by atoms with Gasteiger partial charge >= 0.3 is 11.9 Å². The zero-order valence-electron chi connectivity index (χ0n) is 8.73. The van der Waals surface area contributed by atoms with E-state index >= 15 is 0 Å². The van der Waals surface area contributed by atoms with Gasteiger partial charge in [-0.15, -0.1) is 0 Å². The highest BCUT2D eigenvalue weighted by molar-refractivity contribution is 5.88. The average molecular weight is 214 g/mol. The molecule has 0 aliphatic heterocycles. The first-order chi connectivity index (χ1) is 6.97. The fourth-order valence-corrected chi connectivity index (χ4v) is 0.609. The van der Waals surface area contributed by atoms with Gasteiger partial charge in [0.2, 0.25) is 0 Å². The Morgan fingerprint density at radius 2 is 2.07 bits per heavy atom. The minimum absolute atomic E-state index is 0.257. The van der Waals surface area contributed by atoms with Crippen molar-refractivity contribution in [3.05, 3.63) is 24.3 Å². The van der Waals surface area contributed by atoms with Crippen LogP contribution in [0.25, 0.3) is 0 Å². The van der Waals surface area contributed by atoms with Crippen LogP contribution in [-0.4, -0.2) is 23.1 Å². The third kappa shape index (κ3) is 6.45. The molecule has 1 atom stereocenters. The molecule has 0 saturated heterocycles. The van der Waals surface area contributed by atoms with E-state index in [2.05, 4.69) is 16.4 Å². The van der Waals surface area contributed by atoms with Crippen molar-refractivity contribution in [3.63, 3.8) is 0 Å². The largest absolute Gasteiger partial charge is 0.393 e. The van der Waals surface area contributed by atoms with Crippen molar-refractivity contribution in [2.24, 2.45) is 0 Å². The molecule has 0 bridgehead atoms. The molecule has 0 aromatic rings. The molecular formula is C10H14O5. The molecule has 15 heavy (non-hydrogen) atoms. The van der Waals surface area contributed by atoms with Crippen molar-refractivity contribution in [1.82, 2.24) is 0 Å². The van der Waals surface area contributed by atoms with E-state index in [1.165, 1.54) is 13.0 Å². The van der Waals surface area contributed by atoms with E-state index in [1.807, 2.05) is 0 Å². The highest BCUT2D eigenvalue weighted by Crippen LogP contribution is 2.02. The first-order valence-corrected chi connectivity index (χ1v) is 4.37. The highest BCUT2D eigenvalue weighted by Gasteiger charge is 2.09. The Balaban J connectivity index is 4.04. The predicted octanol–water partition coefficient (Wildman–Crippen LogP) is 0.891. The van der Waals surface area contributed by atoms with Gasteiger partial charge in [0.25, 0.3) is 0 Å². The monoisotopic (exact) mass is 214 g/mol. The molecule has 0 fully saturated rings. The smallest absolute Gasteiger partial charge is 0.381 e. The third-order valence-electron chi connectivity index (χ3n) is 1.45. The lowest BCUT2D eigenvalue weighted by molar-refractivity contribution is -0.251. The zero-order valence-corrected chi connectivity index (χ0v) is 8.73. The predicted molar refractivity (Wildman–Crippen MR) is 52.4 cm³/mol. The Hall–Kier alpha value is -1.62. The molecule has 0 spiro atoms. The second-order valence-corrected chi connectivity index (χ2v) is 2.95.